The summed E-state index contributed by atoms with van der Waals surface area (Å²) in [6.07, 6.45) is 1.13. The van der Waals surface area contributed by atoms with E-state index in [2.05, 4.69) is 18.0 Å². The Morgan fingerprint density at radius 3 is 3.27 bits per heavy atom. The molecule has 3 heteroatoms. The zero-order valence-corrected chi connectivity index (χ0v) is 7.75. The minimum absolute atomic E-state index is 0.602. The van der Waals surface area contributed by atoms with Gasteiger partial charge in [-0.05, 0) is 18.1 Å². The van der Waals surface area contributed by atoms with Crippen molar-refractivity contribution in [3.8, 4) is 0 Å². The normalized spacial score (nSPS) is 21.8. The van der Waals surface area contributed by atoms with Crippen molar-refractivity contribution in [1.82, 2.24) is 4.98 Å². The maximum absolute atomic E-state index is 5.75. The first-order valence-corrected chi connectivity index (χ1v) is 4.83. The van der Waals surface area contributed by atoms with E-state index in [9.17, 15) is 0 Å². The maximum Gasteiger partial charge on any atom is 0.130 e. The van der Waals surface area contributed by atoms with E-state index in [0.29, 0.717) is 10.4 Å². The molecule has 1 aromatic heterocycles. The number of pyridine rings is 1. The van der Waals surface area contributed by atoms with Crippen LogP contribution in [0.4, 0.5) is 0 Å². The van der Waals surface area contributed by atoms with E-state index in [-0.39, 0.29) is 0 Å². The fourth-order valence-corrected chi connectivity index (χ4v) is 2.54. The Kier molecular flexibility index (Phi) is 1.81. The molecule has 1 aliphatic heterocycles. The topological polar surface area (TPSA) is 12.9 Å². The molecule has 2 rings (SSSR count). The fourth-order valence-electron chi connectivity index (χ4n) is 1.25. The van der Waals surface area contributed by atoms with Crippen LogP contribution in [0.5, 0.6) is 0 Å². The first-order chi connectivity index (χ1) is 5.25. The van der Waals surface area contributed by atoms with Crippen LogP contribution in [-0.4, -0.2) is 10.2 Å². The smallest absolute Gasteiger partial charge is 0.130 e. The number of nitrogens with zero attached hydrogens (tertiary/aromatic N) is 1. The van der Waals surface area contributed by atoms with Crippen LogP contribution in [0.3, 0.4) is 0 Å². The van der Waals surface area contributed by atoms with Crippen LogP contribution in [0.1, 0.15) is 12.5 Å². The third-order valence-corrected chi connectivity index (χ3v) is 3.08. The average Bonchev–Trinajstić information content (AvgIpc) is 2.27. The molecule has 0 saturated carbocycles. The molecule has 0 amide bonds. The summed E-state index contributed by atoms with van der Waals surface area (Å²) in [7, 11) is 0. The monoisotopic (exact) mass is 185 g/mol. The van der Waals surface area contributed by atoms with Crippen molar-refractivity contribution in [2.24, 2.45) is 0 Å². The van der Waals surface area contributed by atoms with Gasteiger partial charge in [-0.1, -0.05) is 24.6 Å². The lowest BCUT2D eigenvalue weighted by molar-refractivity contribution is 0.943. The average molecular weight is 186 g/mol. The molecule has 0 N–H and O–H groups in total. The van der Waals surface area contributed by atoms with Crippen LogP contribution < -0.4 is 0 Å². The van der Waals surface area contributed by atoms with E-state index >= 15 is 0 Å². The molecule has 2 heterocycles. The van der Waals surface area contributed by atoms with Gasteiger partial charge in [0, 0.05) is 5.25 Å². The molecule has 0 fully saturated rings. The number of rotatable bonds is 0. The number of aromatic nitrogens is 1. The van der Waals surface area contributed by atoms with Crippen molar-refractivity contribution in [1.29, 1.82) is 0 Å². The molecule has 0 aromatic carbocycles. The van der Waals surface area contributed by atoms with Gasteiger partial charge in [0.1, 0.15) is 10.2 Å². The molecule has 1 unspecified atom stereocenters. The van der Waals surface area contributed by atoms with Gasteiger partial charge in [0.15, 0.2) is 0 Å². The molecular weight excluding hydrogens is 178 g/mol. The van der Waals surface area contributed by atoms with E-state index in [0.717, 1.165) is 11.4 Å². The van der Waals surface area contributed by atoms with E-state index < -0.39 is 0 Å². The van der Waals surface area contributed by atoms with Crippen molar-refractivity contribution in [2.45, 2.75) is 23.6 Å². The zero-order chi connectivity index (χ0) is 7.84. The molecule has 0 aliphatic carbocycles. The predicted molar refractivity (Wildman–Crippen MR) is 48.3 cm³/mol. The summed E-state index contributed by atoms with van der Waals surface area (Å²) < 4.78 is 0. The molecule has 0 saturated heterocycles. The summed E-state index contributed by atoms with van der Waals surface area (Å²) in [5.41, 5.74) is 1.34. The summed E-state index contributed by atoms with van der Waals surface area (Å²) in [6.45, 7) is 2.21. The number of halogens is 1. The third kappa shape index (κ3) is 1.37. The highest BCUT2D eigenvalue weighted by Gasteiger charge is 2.19. The molecule has 0 spiro atoms. The van der Waals surface area contributed by atoms with Gasteiger partial charge in [0.25, 0.3) is 0 Å². The summed E-state index contributed by atoms with van der Waals surface area (Å²) in [5.74, 6) is 0. The Morgan fingerprint density at radius 1 is 1.64 bits per heavy atom. The van der Waals surface area contributed by atoms with Crippen LogP contribution in [0.15, 0.2) is 17.2 Å². The van der Waals surface area contributed by atoms with Gasteiger partial charge in [-0.3, -0.25) is 0 Å². The highest BCUT2D eigenvalue weighted by Crippen LogP contribution is 2.35. The molecule has 1 aromatic rings. The molecule has 0 bridgehead atoms. The number of fused-ring (bicyclic) bond motifs is 1. The second kappa shape index (κ2) is 2.68. The summed E-state index contributed by atoms with van der Waals surface area (Å²) in [5, 5.41) is 2.38. The summed E-state index contributed by atoms with van der Waals surface area (Å²) >= 11 is 7.56. The van der Waals surface area contributed by atoms with Crippen molar-refractivity contribution in [3.05, 3.63) is 22.8 Å². The molecule has 1 aliphatic rings. The largest absolute Gasteiger partial charge is 0.230 e. The fraction of sp³-hybridized carbons (Fsp3) is 0.375. The maximum atomic E-state index is 5.75. The van der Waals surface area contributed by atoms with E-state index in [1.165, 1.54) is 5.56 Å². The van der Waals surface area contributed by atoms with E-state index in [4.69, 9.17) is 11.6 Å². The Hall–Kier alpha value is -0.210. The Morgan fingerprint density at radius 2 is 2.45 bits per heavy atom. The van der Waals surface area contributed by atoms with Gasteiger partial charge in [0.05, 0.1) is 0 Å². The lowest BCUT2D eigenvalue weighted by Gasteiger charge is -1.94. The van der Waals surface area contributed by atoms with Gasteiger partial charge in [-0.2, -0.15) is 0 Å². The number of thioether (sulfide) groups is 1. The van der Waals surface area contributed by atoms with Gasteiger partial charge >= 0.3 is 0 Å². The number of hydrogen-bond acceptors (Lipinski definition) is 2. The Bertz CT molecular complexity index is 287. The minimum atomic E-state index is 0.602. The van der Waals surface area contributed by atoms with E-state index in [1.54, 1.807) is 0 Å². The van der Waals surface area contributed by atoms with Crippen LogP contribution in [0.25, 0.3) is 0 Å². The van der Waals surface area contributed by atoms with Gasteiger partial charge in [-0.25, -0.2) is 4.98 Å². The van der Waals surface area contributed by atoms with Crippen molar-refractivity contribution < 1.29 is 0 Å². The summed E-state index contributed by atoms with van der Waals surface area (Å²) in [6, 6.07) is 3.93. The standard InChI is InChI=1S/C8H8ClNS/c1-5-4-6-2-3-7(9)10-8(6)11-5/h2-3,5H,4H2,1H3. The first-order valence-electron chi connectivity index (χ1n) is 3.58. The first kappa shape index (κ1) is 7.44. The van der Waals surface area contributed by atoms with Gasteiger partial charge in [-0.15, -0.1) is 11.8 Å². The zero-order valence-electron chi connectivity index (χ0n) is 6.17. The Balaban J connectivity index is 2.43. The van der Waals surface area contributed by atoms with Crippen molar-refractivity contribution in [3.63, 3.8) is 0 Å². The molecular formula is C8H8ClNS. The second-order valence-corrected chi connectivity index (χ2v) is 4.55. The van der Waals surface area contributed by atoms with Gasteiger partial charge in [0.2, 0.25) is 0 Å². The highest BCUT2D eigenvalue weighted by atomic mass is 35.5. The Labute approximate surface area is 75.2 Å². The minimum Gasteiger partial charge on any atom is -0.230 e. The number of hydrogen-bond donors (Lipinski definition) is 0. The van der Waals surface area contributed by atoms with Crippen LogP contribution in [-0.2, 0) is 6.42 Å². The van der Waals surface area contributed by atoms with Crippen LogP contribution in [0.2, 0.25) is 5.15 Å². The van der Waals surface area contributed by atoms with Crippen molar-refractivity contribution in [2.75, 3.05) is 0 Å². The van der Waals surface area contributed by atoms with Gasteiger partial charge < -0.3 is 0 Å². The van der Waals surface area contributed by atoms with Crippen molar-refractivity contribution >= 4 is 23.4 Å². The molecule has 58 valence electrons. The van der Waals surface area contributed by atoms with Crippen LogP contribution >= 0.6 is 23.4 Å². The third-order valence-electron chi connectivity index (χ3n) is 1.73. The quantitative estimate of drug-likeness (QED) is 0.577. The molecule has 0 radical (unpaired) electrons. The van der Waals surface area contributed by atoms with Crippen LogP contribution in [0, 0.1) is 0 Å². The lowest BCUT2D eigenvalue weighted by Crippen LogP contribution is -1.90. The SMILES string of the molecule is CC1Cc2ccc(Cl)nc2S1. The lowest BCUT2D eigenvalue weighted by atomic mass is 10.2. The second-order valence-electron chi connectivity index (χ2n) is 2.73. The van der Waals surface area contributed by atoms with E-state index in [1.807, 2.05) is 17.8 Å². The molecule has 1 atom stereocenters. The predicted octanol–water partition coefficient (Wildman–Crippen LogP) is 2.77. The molecule has 11 heavy (non-hydrogen) atoms. The highest BCUT2D eigenvalue weighted by molar-refractivity contribution is 8.00. The summed E-state index contributed by atoms with van der Waals surface area (Å²) in [4.78, 5) is 4.23. The molecule has 1 nitrogen and oxygen atoms in total.